The molecular weight excluding hydrogens is 248 g/mol. The van der Waals surface area contributed by atoms with E-state index in [2.05, 4.69) is 51.8 Å². The van der Waals surface area contributed by atoms with Crippen molar-refractivity contribution in [3.63, 3.8) is 0 Å². The fourth-order valence-electron chi connectivity index (χ4n) is 4.05. The second-order valence-corrected chi connectivity index (χ2v) is 6.50. The number of nitrogens with zero attached hydrogens (tertiary/aromatic N) is 1. The average Bonchev–Trinajstić information content (AvgIpc) is 2.73. The highest BCUT2D eigenvalue weighted by Gasteiger charge is 2.46. The molecular formula is C17H24N2O. The Hall–Kier alpha value is -1.51. The Bertz CT molecular complexity index is 606. The zero-order chi connectivity index (χ0) is 14.8. The molecule has 1 aromatic rings. The van der Waals surface area contributed by atoms with Crippen LogP contribution in [0.4, 0.5) is 5.69 Å². The summed E-state index contributed by atoms with van der Waals surface area (Å²) in [6.07, 6.45) is 0. The Morgan fingerprint density at radius 2 is 1.60 bits per heavy atom. The highest BCUT2D eigenvalue weighted by molar-refractivity contribution is 5.92. The summed E-state index contributed by atoms with van der Waals surface area (Å²) in [6, 6.07) is 0.328. The lowest BCUT2D eigenvalue weighted by Gasteiger charge is -2.39. The smallest absolute Gasteiger partial charge is 0.243 e. The SMILES string of the molecule is Cc1c(C)c(C)c2c(c1C)C(C)C1C(=O)NCC(C)N21. The van der Waals surface area contributed by atoms with Crippen LogP contribution >= 0.6 is 0 Å². The summed E-state index contributed by atoms with van der Waals surface area (Å²) >= 11 is 0. The summed E-state index contributed by atoms with van der Waals surface area (Å²) in [7, 11) is 0. The molecule has 0 aromatic heterocycles. The van der Waals surface area contributed by atoms with E-state index in [9.17, 15) is 4.79 Å². The number of anilines is 1. The number of hydrogen-bond acceptors (Lipinski definition) is 2. The van der Waals surface area contributed by atoms with Gasteiger partial charge >= 0.3 is 0 Å². The molecule has 20 heavy (non-hydrogen) atoms. The van der Waals surface area contributed by atoms with Crippen molar-refractivity contribution in [1.29, 1.82) is 0 Å². The van der Waals surface area contributed by atoms with Gasteiger partial charge in [-0.15, -0.1) is 0 Å². The van der Waals surface area contributed by atoms with Gasteiger partial charge in [-0.05, 0) is 62.4 Å². The number of carbonyl (C=O) groups is 1. The maximum atomic E-state index is 12.3. The first kappa shape index (κ1) is 13.5. The topological polar surface area (TPSA) is 32.3 Å². The van der Waals surface area contributed by atoms with Crippen LogP contribution in [0.5, 0.6) is 0 Å². The average molecular weight is 272 g/mol. The first-order chi connectivity index (χ1) is 9.36. The maximum absolute atomic E-state index is 12.3. The van der Waals surface area contributed by atoms with E-state index in [4.69, 9.17) is 0 Å². The van der Waals surface area contributed by atoms with Gasteiger partial charge in [0.2, 0.25) is 5.91 Å². The van der Waals surface area contributed by atoms with Gasteiger partial charge < -0.3 is 10.2 Å². The normalized spacial score (nSPS) is 28.2. The molecule has 2 heterocycles. The standard InChI is InChI=1S/C17H24N2O/c1-8-7-18-17(20)16-13(6)14-11(4)9(2)10(3)12(5)15(14)19(8)16/h8,13,16H,7H2,1-6H3,(H,18,20). The molecule has 1 aromatic carbocycles. The van der Waals surface area contributed by atoms with Gasteiger partial charge in [-0.3, -0.25) is 4.79 Å². The third-order valence-electron chi connectivity index (χ3n) is 5.50. The van der Waals surface area contributed by atoms with Crippen molar-refractivity contribution >= 4 is 11.6 Å². The predicted octanol–water partition coefficient (Wildman–Crippen LogP) is 2.73. The van der Waals surface area contributed by atoms with Crippen LogP contribution in [0.2, 0.25) is 0 Å². The molecule has 0 bridgehead atoms. The summed E-state index contributed by atoms with van der Waals surface area (Å²) in [6.45, 7) is 14.0. The van der Waals surface area contributed by atoms with Crippen LogP contribution < -0.4 is 10.2 Å². The molecule has 1 N–H and O–H groups in total. The Morgan fingerprint density at radius 3 is 2.25 bits per heavy atom. The fraction of sp³-hybridized carbons (Fsp3) is 0.588. The fourth-order valence-corrected chi connectivity index (χ4v) is 4.05. The molecule has 3 atom stereocenters. The number of rotatable bonds is 0. The number of piperazine rings is 1. The summed E-state index contributed by atoms with van der Waals surface area (Å²) in [5.41, 5.74) is 8.17. The summed E-state index contributed by atoms with van der Waals surface area (Å²) in [5.74, 6) is 0.451. The van der Waals surface area contributed by atoms with Crippen LogP contribution in [-0.2, 0) is 4.79 Å². The lowest BCUT2D eigenvalue weighted by molar-refractivity contribution is -0.123. The molecule has 2 aliphatic heterocycles. The maximum Gasteiger partial charge on any atom is 0.243 e. The molecule has 3 heteroatoms. The van der Waals surface area contributed by atoms with Gasteiger partial charge in [0.25, 0.3) is 0 Å². The second kappa shape index (κ2) is 4.24. The highest BCUT2D eigenvalue weighted by atomic mass is 16.2. The van der Waals surface area contributed by atoms with Gasteiger partial charge in [-0.1, -0.05) is 6.92 Å². The molecule has 108 valence electrons. The van der Waals surface area contributed by atoms with Gasteiger partial charge in [-0.25, -0.2) is 0 Å². The van der Waals surface area contributed by atoms with Crippen molar-refractivity contribution in [1.82, 2.24) is 5.32 Å². The van der Waals surface area contributed by atoms with E-state index in [1.54, 1.807) is 0 Å². The number of hydrogen-bond donors (Lipinski definition) is 1. The van der Waals surface area contributed by atoms with E-state index in [0.29, 0.717) is 6.04 Å². The Kier molecular flexibility index (Phi) is 2.86. The lowest BCUT2D eigenvalue weighted by Crippen LogP contribution is -2.59. The van der Waals surface area contributed by atoms with Crippen molar-refractivity contribution < 1.29 is 4.79 Å². The number of benzene rings is 1. The van der Waals surface area contributed by atoms with Crippen LogP contribution in [-0.4, -0.2) is 24.5 Å². The summed E-state index contributed by atoms with van der Waals surface area (Å²) in [5, 5.41) is 3.06. The molecule has 3 unspecified atom stereocenters. The molecule has 1 amide bonds. The molecule has 0 spiro atoms. The van der Waals surface area contributed by atoms with E-state index in [1.807, 2.05) is 0 Å². The lowest BCUT2D eigenvalue weighted by atomic mass is 9.87. The third-order valence-corrected chi connectivity index (χ3v) is 5.50. The van der Waals surface area contributed by atoms with Crippen molar-refractivity contribution in [3.8, 4) is 0 Å². The predicted molar refractivity (Wildman–Crippen MR) is 82.5 cm³/mol. The Morgan fingerprint density at radius 1 is 1.00 bits per heavy atom. The van der Waals surface area contributed by atoms with Gasteiger partial charge in [0, 0.05) is 24.2 Å². The molecule has 2 aliphatic rings. The van der Waals surface area contributed by atoms with E-state index in [1.165, 1.54) is 33.5 Å². The van der Waals surface area contributed by atoms with Crippen LogP contribution in [0.25, 0.3) is 0 Å². The minimum Gasteiger partial charge on any atom is -0.354 e. The first-order valence-corrected chi connectivity index (χ1v) is 7.52. The van der Waals surface area contributed by atoms with Crippen molar-refractivity contribution in [2.75, 3.05) is 11.4 Å². The number of fused-ring (bicyclic) bond motifs is 3. The summed E-state index contributed by atoms with van der Waals surface area (Å²) in [4.78, 5) is 14.7. The minimum atomic E-state index is -0.0349. The molecule has 1 fully saturated rings. The van der Waals surface area contributed by atoms with Crippen molar-refractivity contribution in [2.45, 2.75) is 59.5 Å². The number of nitrogens with one attached hydrogen (secondary N) is 1. The Balaban J connectivity index is 2.30. The number of amides is 1. The van der Waals surface area contributed by atoms with Gasteiger partial charge in [-0.2, -0.15) is 0 Å². The Labute approximate surface area is 121 Å². The quantitative estimate of drug-likeness (QED) is 0.787. The summed E-state index contributed by atoms with van der Waals surface area (Å²) < 4.78 is 0. The monoisotopic (exact) mass is 272 g/mol. The van der Waals surface area contributed by atoms with Crippen LogP contribution in [0.1, 0.15) is 47.6 Å². The largest absolute Gasteiger partial charge is 0.354 e. The van der Waals surface area contributed by atoms with Crippen LogP contribution in [0.3, 0.4) is 0 Å². The van der Waals surface area contributed by atoms with E-state index in [-0.39, 0.29) is 17.9 Å². The zero-order valence-electron chi connectivity index (χ0n) is 13.3. The number of carbonyl (C=O) groups excluding carboxylic acids is 1. The second-order valence-electron chi connectivity index (χ2n) is 6.50. The molecule has 1 saturated heterocycles. The van der Waals surface area contributed by atoms with E-state index >= 15 is 0 Å². The van der Waals surface area contributed by atoms with E-state index < -0.39 is 0 Å². The molecule has 3 nitrogen and oxygen atoms in total. The molecule has 0 radical (unpaired) electrons. The van der Waals surface area contributed by atoms with E-state index in [0.717, 1.165) is 6.54 Å². The van der Waals surface area contributed by atoms with Crippen molar-refractivity contribution in [3.05, 3.63) is 27.8 Å². The first-order valence-electron chi connectivity index (χ1n) is 7.52. The zero-order valence-corrected chi connectivity index (χ0v) is 13.3. The third kappa shape index (κ3) is 1.49. The minimum absolute atomic E-state index is 0.0349. The van der Waals surface area contributed by atoms with Crippen molar-refractivity contribution in [2.24, 2.45) is 0 Å². The highest BCUT2D eigenvalue weighted by Crippen LogP contribution is 2.48. The van der Waals surface area contributed by atoms with Crippen LogP contribution in [0, 0.1) is 27.7 Å². The molecule has 3 rings (SSSR count). The van der Waals surface area contributed by atoms with Gasteiger partial charge in [0.15, 0.2) is 0 Å². The van der Waals surface area contributed by atoms with Gasteiger partial charge in [0.05, 0.1) is 0 Å². The van der Waals surface area contributed by atoms with Crippen LogP contribution in [0.15, 0.2) is 0 Å². The van der Waals surface area contributed by atoms with Gasteiger partial charge in [0.1, 0.15) is 6.04 Å². The molecule has 0 saturated carbocycles. The molecule has 0 aliphatic carbocycles.